The van der Waals surface area contributed by atoms with Gasteiger partial charge in [0, 0.05) is 20.6 Å². The first-order chi connectivity index (χ1) is 13.0. The summed E-state index contributed by atoms with van der Waals surface area (Å²) in [5.41, 5.74) is 1.92. The number of carbonyl (C=O) groups excluding carboxylic acids is 1. The molecule has 0 radical (unpaired) electrons. The summed E-state index contributed by atoms with van der Waals surface area (Å²) in [5.74, 6) is 0.954. The summed E-state index contributed by atoms with van der Waals surface area (Å²) in [7, 11) is 5.02. The van der Waals surface area contributed by atoms with Gasteiger partial charge in [0.2, 0.25) is 5.91 Å². The lowest BCUT2D eigenvalue weighted by Gasteiger charge is -2.15. The normalized spacial score (nSPS) is 11.0. The summed E-state index contributed by atoms with van der Waals surface area (Å²) in [6.07, 6.45) is 0. The minimum absolute atomic E-state index is 0.0595. The van der Waals surface area contributed by atoms with Crippen molar-refractivity contribution in [1.82, 2.24) is 15.5 Å². The molecule has 0 unspecified atom stereocenters. The fraction of sp³-hybridized carbons (Fsp3) is 0.300. The molecule has 144 valence electrons. The highest BCUT2D eigenvalue weighted by atomic mass is 19.1. The van der Waals surface area contributed by atoms with E-state index in [1.807, 2.05) is 24.3 Å². The third kappa shape index (κ3) is 6.97. The number of rotatable bonds is 7. The maximum absolute atomic E-state index is 13.0. The Balaban J connectivity index is 2.02. The van der Waals surface area contributed by atoms with Crippen LogP contribution in [0.5, 0.6) is 5.75 Å². The monoisotopic (exact) mass is 372 g/mol. The first-order valence-corrected chi connectivity index (χ1v) is 8.57. The second-order valence-corrected chi connectivity index (χ2v) is 6.13. The van der Waals surface area contributed by atoms with Gasteiger partial charge in [-0.15, -0.1) is 0 Å². The van der Waals surface area contributed by atoms with E-state index in [9.17, 15) is 9.18 Å². The van der Waals surface area contributed by atoms with Gasteiger partial charge in [0.15, 0.2) is 5.96 Å². The molecule has 2 aromatic carbocycles. The minimum atomic E-state index is -0.276. The Morgan fingerprint density at radius 2 is 1.67 bits per heavy atom. The van der Waals surface area contributed by atoms with Gasteiger partial charge in [0.05, 0.1) is 20.2 Å². The predicted molar refractivity (Wildman–Crippen MR) is 104 cm³/mol. The zero-order valence-electron chi connectivity index (χ0n) is 15.8. The predicted octanol–water partition coefficient (Wildman–Crippen LogP) is 2.16. The number of hydrogen-bond acceptors (Lipinski definition) is 3. The van der Waals surface area contributed by atoms with E-state index in [-0.39, 0.29) is 18.3 Å². The largest absolute Gasteiger partial charge is 0.497 e. The molecule has 0 aromatic heterocycles. The molecule has 2 aromatic rings. The molecule has 0 bridgehead atoms. The fourth-order valence-corrected chi connectivity index (χ4v) is 2.18. The number of amides is 1. The average molecular weight is 372 g/mol. The Morgan fingerprint density at radius 1 is 1.04 bits per heavy atom. The molecule has 0 heterocycles. The van der Waals surface area contributed by atoms with Crippen molar-refractivity contribution in [3.05, 3.63) is 65.5 Å². The Morgan fingerprint density at radius 3 is 2.26 bits per heavy atom. The van der Waals surface area contributed by atoms with Gasteiger partial charge in [-0.05, 0) is 35.4 Å². The molecule has 0 saturated heterocycles. The summed E-state index contributed by atoms with van der Waals surface area (Å²) in [6.45, 7) is 1.04. The molecular formula is C20H25FN4O2. The number of ether oxygens (including phenoxy) is 1. The van der Waals surface area contributed by atoms with Crippen LogP contribution in [0.3, 0.4) is 0 Å². The van der Waals surface area contributed by atoms with E-state index in [2.05, 4.69) is 15.6 Å². The van der Waals surface area contributed by atoms with E-state index in [0.717, 1.165) is 16.9 Å². The van der Waals surface area contributed by atoms with E-state index in [1.165, 1.54) is 17.0 Å². The lowest BCUT2D eigenvalue weighted by atomic mass is 10.2. The molecule has 0 aliphatic rings. The van der Waals surface area contributed by atoms with E-state index in [0.29, 0.717) is 19.0 Å². The number of guanidine groups is 1. The highest BCUT2D eigenvalue weighted by Gasteiger charge is 2.06. The lowest BCUT2D eigenvalue weighted by molar-refractivity contribution is -0.127. The zero-order valence-corrected chi connectivity index (χ0v) is 15.8. The zero-order chi connectivity index (χ0) is 19.6. The first-order valence-electron chi connectivity index (χ1n) is 8.57. The van der Waals surface area contributed by atoms with Crippen molar-refractivity contribution >= 4 is 11.9 Å². The van der Waals surface area contributed by atoms with Crippen LogP contribution in [0, 0.1) is 5.82 Å². The molecule has 27 heavy (non-hydrogen) atoms. The number of likely N-dealkylation sites (N-methyl/N-ethyl adjacent to an activating group) is 1. The summed E-state index contributed by atoms with van der Waals surface area (Å²) < 4.78 is 18.2. The lowest BCUT2D eigenvalue weighted by Crippen LogP contribution is -2.42. The van der Waals surface area contributed by atoms with Crippen molar-refractivity contribution in [2.24, 2.45) is 4.99 Å². The Kier molecular flexibility index (Phi) is 7.61. The van der Waals surface area contributed by atoms with Crippen molar-refractivity contribution in [3.8, 4) is 5.75 Å². The Hall–Kier alpha value is -3.09. The topological polar surface area (TPSA) is 66.0 Å². The number of hydrogen-bond donors (Lipinski definition) is 2. The van der Waals surface area contributed by atoms with Gasteiger partial charge in [-0.2, -0.15) is 0 Å². The molecule has 0 saturated carbocycles. The molecule has 0 fully saturated rings. The standard InChI is InChI=1S/C20H25FN4O2/c1-25(2)19(26)14-24-20(22-12-15-4-8-17(21)9-5-15)23-13-16-6-10-18(27-3)11-7-16/h4-11H,12-14H2,1-3H3,(H2,22,23,24). The fourth-order valence-electron chi connectivity index (χ4n) is 2.18. The van der Waals surface area contributed by atoms with Crippen LogP contribution in [0.2, 0.25) is 0 Å². The van der Waals surface area contributed by atoms with E-state index in [1.54, 1.807) is 33.3 Å². The first kappa shape index (κ1) is 20.2. The third-order valence-corrected chi connectivity index (χ3v) is 3.86. The van der Waals surface area contributed by atoms with Crippen LogP contribution in [0.1, 0.15) is 11.1 Å². The maximum atomic E-state index is 13.0. The second-order valence-electron chi connectivity index (χ2n) is 6.13. The van der Waals surface area contributed by atoms with Gasteiger partial charge < -0.3 is 20.3 Å². The van der Waals surface area contributed by atoms with Crippen LogP contribution >= 0.6 is 0 Å². The van der Waals surface area contributed by atoms with Gasteiger partial charge in [-0.3, -0.25) is 4.79 Å². The molecule has 0 aliphatic heterocycles. The number of carbonyl (C=O) groups is 1. The molecule has 0 aliphatic carbocycles. The van der Waals surface area contributed by atoms with Crippen LogP contribution in [0.15, 0.2) is 53.5 Å². The molecule has 0 spiro atoms. The Labute approximate surface area is 159 Å². The second kappa shape index (κ2) is 10.2. The van der Waals surface area contributed by atoms with Gasteiger partial charge in [0.25, 0.3) is 0 Å². The summed E-state index contributed by atoms with van der Waals surface area (Å²) >= 11 is 0. The summed E-state index contributed by atoms with van der Waals surface area (Å²) in [4.78, 5) is 17.9. The van der Waals surface area contributed by atoms with E-state index in [4.69, 9.17) is 4.74 Å². The van der Waals surface area contributed by atoms with Crippen molar-refractivity contribution in [2.75, 3.05) is 27.7 Å². The summed E-state index contributed by atoms with van der Waals surface area (Å²) in [6, 6.07) is 13.8. The molecule has 7 heteroatoms. The highest BCUT2D eigenvalue weighted by molar-refractivity contribution is 5.86. The maximum Gasteiger partial charge on any atom is 0.241 e. The van der Waals surface area contributed by atoms with Gasteiger partial charge in [-0.1, -0.05) is 24.3 Å². The number of methoxy groups -OCH3 is 1. The SMILES string of the molecule is COc1ccc(CN=C(NCC(=O)N(C)C)NCc2ccc(F)cc2)cc1. The van der Waals surface area contributed by atoms with Crippen molar-refractivity contribution in [3.63, 3.8) is 0 Å². The molecule has 2 N–H and O–H groups in total. The molecule has 2 rings (SSSR count). The van der Waals surface area contributed by atoms with Gasteiger partial charge >= 0.3 is 0 Å². The van der Waals surface area contributed by atoms with Crippen molar-refractivity contribution in [2.45, 2.75) is 13.1 Å². The average Bonchev–Trinajstić information content (AvgIpc) is 2.68. The van der Waals surface area contributed by atoms with Crippen LogP contribution in [-0.2, 0) is 17.9 Å². The number of nitrogens with zero attached hydrogens (tertiary/aromatic N) is 2. The number of aliphatic imine (C=N–C) groups is 1. The third-order valence-electron chi connectivity index (χ3n) is 3.86. The highest BCUT2D eigenvalue weighted by Crippen LogP contribution is 2.11. The van der Waals surface area contributed by atoms with Crippen LogP contribution in [-0.4, -0.2) is 44.5 Å². The Bertz CT molecular complexity index is 759. The van der Waals surface area contributed by atoms with Crippen LogP contribution < -0.4 is 15.4 Å². The summed E-state index contributed by atoms with van der Waals surface area (Å²) in [5, 5.41) is 6.19. The smallest absolute Gasteiger partial charge is 0.241 e. The number of nitrogens with one attached hydrogen (secondary N) is 2. The quantitative estimate of drug-likeness (QED) is 0.577. The van der Waals surface area contributed by atoms with Crippen LogP contribution in [0.25, 0.3) is 0 Å². The van der Waals surface area contributed by atoms with Crippen molar-refractivity contribution in [1.29, 1.82) is 0 Å². The van der Waals surface area contributed by atoms with Gasteiger partial charge in [0.1, 0.15) is 11.6 Å². The molecule has 1 amide bonds. The van der Waals surface area contributed by atoms with Crippen molar-refractivity contribution < 1.29 is 13.9 Å². The number of halogens is 1. The number of benzene rings is 2. The van der Waals surface area contributed by atoms with Gasteiger partial charge in [-0.25, -0.2) is 9.38 Å². The van der Waals surface area contributed by atoms with E-state index >= 15 is 0 Å². The van der Waals surface area contributed by atoms with Crippen LogP contribution in [0.4, 0.5) is 4.39 Å². The molecule has 6 nitrogen and oxygen atoms in total. The molecule has 0 atom stereocenters. The molecular weight excluding hydrogens is 347 g/mol. The van der Waals surface area contributed by atoms with E-state index < -0.39 is 0 Å². The minimum Gasteiger partial charge on any atom is -0.497 e.